The van der Waals surface area contributed by atoms with E-state index in [1.165, 1.54) is 9.08 Å². The largest absolute Gasteiger partial charge is 0.350 e. The van der Waals surface area contributed by atoms with Crippen molar-refractivity contribution in [3.8, 4) is 0 Å². The maximum absolute atomic E-state index is 11.8. The van der Waals surface area contributed by atoms with Crippen molar-refractivity contribution in [2.45, 2.75) is 6.54 Å². The maximum Gasteiger partial charge on any atom is 0.350 e. The van der Waals surface area contributed by atoms with Gasteiger partial charge in [-0.3, -0.25) is 4.40 Å². The molecule has 0 radical (unpaired) electrons. The van der Waals surface area contributed by atoms with Gasteiger partial charge in [0.15, 0.2) is 5.65 Å². The molecule has 0 aliphatic carbocycles. The van der Waals surface area contributed by atoms with Gasteiger partial charge in [0.2, 0.25) is 0 Å². The van der Waals surface area contributed by atoms with Crippen LogP contribution in [0.4, 0.5) is 0 Å². The lowest BCUT2D eigenvalue weighted by Crippen LogP contribution is -2.23. The zero-order valence-corrected chi connectivity index (χ0v) is 8.26. The summed E-state index contributed by atoms with van der Waals surface area (Å²) in [6.45, 7) is 4.48. The Kier molecular flexibility index (Phi) is 2.39. The van der Waals surface area contributed by atoms with Crippen LogP contribution in [0.25, 0.3) is 5.65 Å². The first kappa shape index (κ1) is 9.67. The van der Waals surface area contributed by atoms with Gasteiger partial charge >= 0.3 is 5.69 Å². The minimum atomic E-state index is -0.166. The van der Waals surface area contributed by atoms with E-state index in [2.05, 4.69) is 11.7 Å². The molecule has 0 bridgehead atoms. The topological polar surface area (TPSA) is 65.3 Å². The fourth-order valence-electron chi connectivity index (χ4n) is 1.35. The van der Waals surface area contributed by atoms with Crippen molar-refractivity contribution in [3.05, 3.63) is 47.0 Å². The number of fused-ring (bicyclic) bond motifs is 1. The van der Waals surface area contributed by atoms with E-state index in [9.17, 15) is 4.79 Å². The second-order valence-corrected chi connectivity index (χ2v) is 3.32. The van der Waals surface area contributed by atoms with Crippen LogP contribution in [0.5, 0.6) is 0 Å². The molecule has 0 fully saturated rings. The molecule has 2 aromatic heterocycles. The Morgan fingerprint density at radius 1 is 1.53 bits per heavy atom. The summed E-state index contributed by atoms with van der Waals surface area (Å²) in [7, 11) is 0. The minimum Gasteiger partial charge on any atom is -0.327 e. The van der Waals surface area contributed by atoms with Gasteiger partial charge in [-0.15, -0.1) is 5.10 Å². The van der Waals surface area contributed by atoms with Crippen LogP contribution < -0.4 is 11.4 Å². The fraction of sp³-hybridized carbons (Fsp3) is 0.200. The Morgan fingerprint density at radius 2 is 2.33 bits per heavy atom. The van der Waals surface area contributed by atoms with Gasteiger partial charge in [0.25, 0.3) is 0 Å². The quantitative estimate of drug-likeness (QED) is 0.716. The molecule has 0 spiro atoms. The van der Waals surface area contributed by atoms with Crippen LogP contribution >= 0.6 is 0 Å². The fourth-order valence-corrected chi connectivity index (χ4v) is 1.35. The van der Waals surface area contributed by atoms with Crippen LogP contribution in [0.15, 0.2) is 41.3 Å². The van der Waals surface area contributed by atoms with E-state index in [4.69, 9.17) is 5.73 Å². The van der Waals surface area contributed by atoms with Crippen LogP contribution in [0.2, 0.25) is 0 Å². The van der Waals surface area contributed by atoms with Crippen LogP contribution in [0.1, 0.15) is 0 Å². The lowest BCUT2D eigenvalue weighted by atomic mass is 10.3. The van der Waals surface area contributed by atoms with Crippen molar-refractivity contribution in [1.29, 1.82) is 0 Å². The summed E-state index contributed by atoms with van der Waals surface area (Å²) in [5, 5.41) is 4.15. The predicted molar refractivity (Wildman–Crippen MR) is 57.6 cm³/mol. The number of nitrogens with zero attached hydrogens (tertiary/aromatic N) is 3. The second-order valence-electron chi connectivity index (χ2n) is 3.32. The number of hydrogen-bond donors (Lipinski definition) is 1. The van der Waals surface area contributed by atoms with Gasteiger partial charge in [-0.2, -0.15) is 0 Å². The standard InChI is InChI=1S/C10H12N4O/c1-8(6-11)7-14-10(15)13-5-3-2-4-9(13)12-14/h2-5H,1,6-7,11H2. The molecule has 5 nitrogen and oxygen atoms in total. The molecule has 0 aliphatic heterocycles. The molecule has 2 aromatic rings. The van der Waals surface area contributed by atoms with E-state index in [1.807, 2.05) is 6.07 Å². The summed E-state index contributed by atoms with van der Waals surface area (Å²) in [4.78, 5) is 11.8. The molecule has 5 heteroatoms. The lowest BCUT2D eigenvalue weighted by Gasteiger charge is -1.99. The lowest BCUT2D eigenvalue weighted by molar-refractivity contribution is 0.644. The van der Waals surface area contributed by atoms with Gasteiger partial charge in [-0.1, -0.05) is 12.6 Å². The van der Waals surface area contributed by atoms with Crippen molar-refractivity contribution in [2.24, 2.45) is 5.73 Å². The molecule has 0 amide bonds. The SMILES string of the molecule is C=C(CN)Cn1nc2ccccn2c1=O. The van der Waals surface area contributed by atoms with E-state index in [0.717, 1.165) is 5.57 Å². The van der Waals surface area contributed by atoms with Gasteiger partial charge < -0.3 is 5.73 Å². The number of nitrogens with two attached hydrogens (primary N) is 1. The zero-order chi connectivity index (χ0) is 10.8. The number of rotatable bonds is 3. The first-order valence-corrected chi connectivity index (χ1v) is 4.63. The Labute approximate surface area is 86.4 Å². The van der Waals surface area contributed by atoms with E-state index < -0.39 is 0 Å². The van der Waals surface area contributed by atoms with Gasteiger partial charge in [-0.05, 0) is 17.7 Å². The summed E-state index contributed by atoms with van der Waals surface area (Å²) in [6, 6.07) is 5.41. The summed E-state index contributed by atoms with van der Waals surface area (Å²) in [5.41, 5.74) is 6.66. The Morgan fingerprint density at radius 3 is 3.00 bits per heavy atom. The molecule has 0 unspecified atom stereocenters. The molecular weight excluding hydrogens is 192 g/mol. The Hall–Kier alpha value is -1.88. The highest BCUT2D eigenvalue weighted by Crippen LogP contribution is 1.97. The van der Waals surface area contributed by atoms with Crippen molar-refractivity contribution >= 4 is 5.65 Å². The zero-order valence-electron chi connectivity index (χ0n) is 8.26. The van der Waals surface area contributed by atoms with Crippen LogP contribution in [0, 0.1) is 0 Å². The average molecular weight is 204 g/mol. The number of pyridine rings is 1. The third-order valence-electron chi connectivity index (χ3n) is 2.15. The second kappa shape index (κ2) is 3.70. The highest BCUT2D eigenvalue weighted by Gasteiger charge is 2.05. The molecule has 0 aliphatic rings. The van der Waals surface area contributed by atoms with Gasteiger partial charge in [0, 0.05) is 12.7 Å². The first-order chi connectivity index (χ1) is 7.22. The van der Waals surface area contributed by atoms with Crippen molar-refractivity contribution < 1.29 is 0 Å². The van der Waals surface area contributed by atoms with Crippen LogP contribution in [-0.2, 0) is 6.54 Å². The summed E-state index contributed by atoms with van der Waals surface area (Å²) in [6.07, 6.45) is 1.69. The summed E-state index contributed by atoms with van der Waals surface area (Å²) < 4.78 is 2.86. The number of aromatic nitrogens is 3. The maximum atomic E-state index is 11.8. The molecule has 2 N–H and O–H groups in total. The van der Waals surface area contributed by atoms with Gasteiger partial charge in [0.1, 0.15) is 0 Å². The normalized spacial score (nSPS) is 10.7. The first-order valence-electron chi connectivity index (χ1n) is 4.63. The molecule has 0 saturated carbocycles. The van der Waals surface area contributed by atoms with E-state index in [0.29, 0.717) is 18.7 Å². The summed E-state index contributed by atoms with van der Waals surface area (Å²) >= 11 is 0. The van der Waals surface area contributed by atoms with Crippen molar-refractivity contribution in [3.63, 3.8) is 0 Å². The monoisotopic (exact) mass is 204 g/mol. The molecule has 2 heterocycles. The van der Waals surface area contributed by atoms with Gasteiger partial charge in [-0.25, -0.2) is 9.48 Å². The Balaban J connectivity index is 2.49. The summed E-state index contributed by atoms with van der Waals surface area (Å²) in [5.74, 6) is 0. The molecule has 78 valence electrons. The van der Waals surface area contributed by atoms with Gasteiger partial charge in [0.05, 0.1) is 6.54 Å². The third kappa shape index (κ3) is 1.69. The van der Waals surface area contributed by atoms with E-state index in [-0.39, 0.29) is 5.69 Å². The predicted octanol–water partition coefficient (Wildman–Crippen LogP) is 0.0109. The average Bonchev–Trinajstić information content (AvgIpc) is 2.57. The van der Waals surface area contributed by atoms with Crippen molar-refractivity contribution in [1.82, 2.24) is 14.2 Å². The molecule has 0 aromatic carbocycles. The highest BCUT2D eigenvalue weighted by molar-refractivity contribution is 5.35. The number of hydrogen-bond acceptors (Lipinski definition) is 3. The van der Waals surface area contributed by atoms with Crippen molar-refractivity contribution in [2.75, 3.05) is 6.54 Å². The van der Waals surface area contributed by atoms with Crippen LogP contribution in [-0.4, -0.2) is 20.7 Å². The van der Waals surface area contributed by atoms with E-state index >= 15 is 0 Å². The smallest absolute Gasteiger partial charge is 0.327 e. The molecular formula is C10H12N4O. The molecule has 0 saturated heterocycles. The van der Waals surface area contributed by atoms with E-state index in [1.54, 1.807) is 18.3 Å². The van der Waals surface area contributed by atoms with Crippen LogP contribution in [0.3, 0.4) is 0 Å². The Bertz CT molecular complexity index is 552. The molecule has 2 rings (SSSR count). The molecule has 0 atom stereocenters. The molecule has 15 heavy (non-hydrogen) atoms. The highest BCUT2D eigenvalue weighted by atomic mass is 16.2. The minimum absolute atomic E-state index is 0.166. The third-order valence-corrected chi connectivity index (χ3v) is 2.15.